The summed E-state index contributed by atoms with van der Waals surface area (Å²) in [5.41, 5.74) is 7.17. The second-order valence-electron chi connectivity index (χ2n) is 6.17. The van der Waals surface area contributed by atoms with Crippen LogP contribution in [-0.2, 0) is 11.2 Å². The van der Waals surface area contributed by atoms with Gasteiger partial charge in [-0.25, -0.2) is 0 Å². The van der Waals surface area contributed by atoms with Gasteiger partial charge < -0.3 is 10.6 Å². The molecule has 116 valence electrons. The predicted octanol–water partition coefficient (Wildman–Crippen LogP) is 3.57. The third-order valence-corrected chi connectivity index (χ3v) is 6.40. The van der Waals surface area contributed by atoms with E-state index in [1.807, 2.05) is 11.0 Å². The van der Waals surface area contributed by atoms with Crippen LogP contribution in [0.3, 0.4) is 0 Å². The maximum Gasteiger partial charge on any atom is 0.222 e. The lowest BCUT2D eigenvalue weighted by atomic mass is 9.98. The molecule has 0 radical (unpaired) electrons. The lowest BCUT2D eigenvalue weighted by Gasteiger charge is -2.18. The molecule has 2 N–H and O–H groups in total. The number of likely N-dealkylation sites (tertiary alicyclic amines) is 1. The second kappa shape index (κ2) is 6.45. The molecule has 3 nitrogen and oxygen atoms in total. The number of nitrogens with two attached hydrogens (primary N) is 1. The summed E-state index contributed by atoms with van der Waals surface area (Å²) in [5, 5.41) is 0. The van der Waals surface area contributed by atoms with E-state index < -0.39 is 0 Å². The summed E-state index contributed by atoms with van der Waals surface area (Å²) in [6.07, 6.45) is 4.52. The first kappa shape index (κ1) is 15.6. The van der Waals surface area contributed by atoms with Gasteiger partial charge in [0.2, 0.25) is 5.91 Å². The largest absolute Gasteiger partial charge is 0.342 e. The molecule has 1 aromatic rings. The molecule has 1 aliphatic carbocycles. The van der Waals surface area contributed by atoms with Crippen molar-refractivity contribution in [1.29, 1.82) is 0 Å². The third-order valence-electron chi connectivity index (χ3n) is 4.83. The number of thiophene rings is 1. The zero-order valence-electron chi connectivity index (χ0n) is 11.9. The van der Waals surface area contributed by atoms with E-state index in [2.05, 4.69) is 0 Å². The van der Waals surface area contributed by atoms with Gasteiger partial charge in [0.25, 0.3) is 0 Å². The number of amides is 1. The average molecular weight is 347 g/mol. The Hall–Kier alpha value is -0.290. The lowest BCUT2D eigenvalue weighted by molar-refractivity contribution is -0.130. The minimum Gasteiger partial charge on any atom is -0.342 e. The summed E-state index contributed by atoms with van der Waals surface area (Å²) in [7, 11) is 0. The Balaban J connectivity index is 1.46. The molecule has 21 heavy (non-hydrogen) atoms. The number of hydrogen-bond donors (Lipinski definition) is 1. The van der Waals surface area contributed by atoms with Crippen LogP contribution in [0.1, 0.15) is 31.2 Å². The Kier molecular flexibility index (Phi) is 4.79. The van der Waals surface area contributed by atoms with Gasteiger partial charge in [-0.1, -0.05) is 23.2 Å². The minimum atomic E-state index is 0.258. The van der Waals surface area contributed by atoms with Gasteiger partial charge in [-0.15, -0.1) is 11.3 Å². The molecule has 1 saturated carbocycles. The molecule has 1 amide bonds. The van der Waals surface area contributed by atoms with Crippen molar-refractivity contribution in [3.8, 4) is 0 Å². The van der Waals surface area contributed by atoms with Crippen molar-refractivity contribution in [3.05, 3.63) is 20.3 Å². The SMILES string of the molecule is NC1CCC2CN(C(=O)CCCc3cc(Cl)sc3Cl)CC12. The first-order valence-electron chi connectivity index (χ1n) is 7.51. The average Bonchev–Trinajstić information content (AvgIpc) is 3.08. The number of halogens is 2. The number of aryl methyl sites for hydroxylation is 1. The second-order valence-corrected chi connectivity index (χ2v) is 8.45. The molecule has 3 rings (SSSR count). The first-order chi connectivity index (χ1) is 10.0. The van der Waals surface area contributed by atoms with Crippen LogP contribution in [0.25, 0.3) is 0 Å². The van der Waals surface area contributed by atoms with Crippen molar-refractivity contribution in [1.82, 2.24) is 4.90 Å². The molecule has 0 spiro atoms. The molecule has 1 saturated heterocycles. The highest BCUT2D eigenvalue weighted by Crippen LogP contribution is 2.37. The van der Waals surface area contributed by atoms with Crippen LogP contribution >= 0.6 is 34.5 Å². The quantitative estimate of drug-likeness (QED) is 0.905. The smallest absolute Gasteiger partial charge is 0.222 e. The summed E-state index contributed by atoms with van der Waals surface area (Å²) >= 11 is 13.4. The summed E-state index contributed by atoms with van der Waals surface area (Å²) in [5.74, 6) is 1.42. The topological polar surface area (TPSA) is 46.3 Å². The van der Waals surface area contributed by atoms with Crippen LogP contribution in [-0.4, -0.2) is 29.9 Å². The number of carbonyl (C=O) groups excluding carboxylic acids is 1. The highest BCUT2D eigenvalue weighted by molar-refractivity contribution is 7.20. The van der Waals surface area contributed by atoms with Crippen molar-refractivity contribution in [2.75, 3.05) is 13.1 Å². The van der Waals surface area contributed by atoms with E-state index >= 15 is 0 Å². The Morgan fingerprint density at radius 3 is 2.86 bits per heavy atom. The van der Waals surface area contributed by atoms with Crippen molar-refractivity contribution < 1.29 is 4.79 Å². The Morgan fingerprint density at radius 1 is 1.38 bits per heavy atom. The molecule has 0 aromatic carbocycles. The van der Waals surface area contributed by atoms with E-state index in [1.165, 1.54) is 17.8 Å². The van der Waals surface area contributed by atoms with Crippen LogP contribution in [0.15, 0.2) is 6.07 Å². The molecule has 1 aliphatic heterocycles. The van der Waals surface area contributed by atoms with Crippen LogP contribution in [0.4, 0.5) is 0 Å². The summed E-state index contributed by atoms with van der Waals surface area (Å²) in [6, 6.07) is 2.19. The molecule has 6 heteroatoms. The van der Waals surface area contributed by atoms with Crippen molar-refractivity contribution in [2.24, 2.45) is 17.6 Å². The van der Waals surface area contributed by atoms with Crippen molar-refractivity contribution in [3.63, 3.8) is 0 Å². The van der Waals surface area contributed by atoms with Crippen molar-refractivity contribution in [2.45, 2.75) is 38.1 Å². The summed E-state index contributed by atoms with van der Waals surface area (Å²) in [4.78, 5) is 14.3. The highest BCUT2D eigenvalue weighted by Gasteiger charge is 2.42. The molecule has 2 heterocycles. The van der Waals surface area contributed by atoms with E-state index in [0.29, 0.717) is 28.6 Å². The highest BCUT2D eigenvalue weighted by atomic mass is 35.5. The fourth-order valence-electron chi connectivity index (χ4n) is 3.64. The van der Waals surface area contributed by atoms with Gasteiger partial charge in [0.05, 0.1) is 8.67 Å². The number of hydrogen-bond acceptors (Lipinski definition) is 3. The number of rotatable bonds is 4. The van der Waals surface area contributed by atoms with Gasteiger partial charge in [-0.05, 0) is 49.1 Å². The molecular weight excluding hydrogens is 327 g/mol. The molecule has 2 fully saturated rings. The number of nitrogens with zero attached hydrogens (tertiary/aromatic N) is 1. The normalized spacial score (nSPS) is 28.1. The van der Waals surface area contributed by atoms with E-state index in [-0.39, 0.29) is 5.91 Å². The molecule has 3 atom stereocenters. The Labute approximate surface area is 139 Å². The molecule has 0 bridgehead atoms. The lowest BCUT2D eigenvalue weighted by Crippen LogP contribution is -2.33. The Bertz CT molecular complexity index is 534. The van der Waals surface area contributed by atoms with Gasteiger partial charge in [-0.3, -0.25) is 4.79 Å². The Morgan fingerprint density at radius 2 is 2.19 bits per heavy atom. The van der Waals surface area contributed by atoms with E-state index in [4.69, 9.17) is 28.9 Å². The maximum absolute atomic E-state index is 12.3. The van der Waals surface area contributed by atoms with Crippen molar-refractivity contribution >= 4 is 40.4 Å². The molecule has 2 aliphatic rings. The predicted molar refractivity (Wildman–Crippen MR) is 88.0 cm³/mol. The standard InChI is InChI=1S/C15H20Cl2N2OS/c16-13-6-9(15(17)21-13)2-1-3-14(20)19-7-10-4-5-12(18)11(10)8-19/h6,10-12H,1-5,7-8,18H2. The monoisotopic (exact) mass is 346 g/mol. The zero-order valence-corrected chi connectivity index (χ0v) is 14.2. The van der Waals surface area contributed by atoms with Gasteiger partial charge in [0.1, 0.15) is 0 Å². The van der Waals surface area contributed by atoms with Crippen LogP contribution < -0.4 is 5.73 Å². The number of fused-ring (bicyclic) bond motifs is 1. The molecule has 1 aromatic heterocycles. The summed E-state index contributed by atoms with van der Waals surface area (Å²) in [6.45, 7) is 1.76. The van der Waals surface area contributed by atoms with Crippen LogP contribution in [0.2, 0.25) is 8.67 Å². The van der Waals surface area contributed by atoms with Crippen LogP contribution in [0.5, 0.6) is 0 Å². The maximum atomic E-state index is 12.3. The fraction of sp³-hybridized carbons (Fsp3) is 0.667. The van der Waals surface area contributed by atoms with Gasteiger partial charge in [0, 0.05) is 25.6 Å². The van der Waals surface area contributed by atoms with Gasteiger partial charge in [0.15, 0.2) is 0 Å². The van der Waals surface area contributed by atoms with Gasteiger partial charge in [-0.2, -0.15) is 0 Å². The van der Waals surface area contributed by atoms with Crippen LogP contribution in [0, 0.1) is 11.8 Å². The molecule has 3 unspecified atom stereocenters. The third kappa shape index (κ3) is 3.39. The minimum absolute atomic E-state index is 0.258. The summed E-state index contributed by atoms with van der Waals surface area (Å²) < 4.78 is 1.46. The van der Waals surface area contributed by atoms with E-state index in [0.717, 1.165) is 42.3 Å². The van der Waals surface area contributed by atoms with Gasteiger partial charge >= 0.3 is 0 Å². The van der Waals surface area contributed by atoms with E-state index in [1.54, 1.807) is 0 Å². The zero-order chi connectivity index (χ0) is 15.0. The molecular formula is C15H20Cl2N2OS. The number of carbonyl (C=O) groups is 1. The fourth-order valence-corrected chi connectivity index (χ4v) is 5.19. The first-order valence-corrected chi connectivity index (χ1v) is 9.09. The van der Waals surface area contributed by atoms with E-state index in [9.17, 15) is 4.79 Å².